The molecule has 3 N–H and O–H groups in total. The van der Waals surface area contributed by atoms with E-state index in [0.29, 0.717) is 18.9 Å². The van der Waals surface area contributed by atoms with Crippen molar-refractivity contribution in [2.75, 3.05) is 0 Å². The summed E-state index contributed by atoms with van der Waals surface area (Å²) in [4.78, 5) is 24.6. The Morgan fingerprint density at radius 2 is 2.14 bits per heavy atom. The Bertz CT molecular complexity index is 684. The third-order valence-corrected chi connectivity index (χ3v) is 3.25. The molecule has 108 valence electrons. The molecule has 0 radical (unpaired) electrons. The first kappa shape index (κ1) is 13.0. The van der Waals surface area contributed by atoms with Crippen LogP contribution < -0.4 is 5.32 Å². The van der Waals surface area contributed by atoms with Crippen molar-refractivity contribution in [3.63, 3.8) is 0 Å². The number of amides is 2. The van der Waals surface area contributed by atoms with E-state index in [-0.39, 0.29) is 18.1 Å². The number of hydrogen-bond acceptors (Lipinski definition) is 5. The summed E-state index contributed by atoms with van der Waals surface area (Å²) in [5.74, 6) is -0.578. The van der Waals surface area contributed by atoms with Gasteiger partial charge in [-0.3, -0.25) is 0 Å². The van der Waals surface area contributed by atoms with Gasteiger partial charge >= 0.3 is 12.0 Å². The zero-order valence-corrected chi connectivity index (χ0v) is 10.9. The lowest BCUT2D eigenvalue weighted by atomic mass is 10.1. The third-order valence-electron chi connectivity index (χ3n) is 3.25. The number of aromatic amines is 1. The fraction of sp³-hybridized carbons (Fsp3) is 0.250. The molecule has 1 aliphatic rings. The number of benzene rings is 1. The van der Waals surface area contributed by atoms with E-state index in [9.17, 15) is 9.59 Å². The Labute approximate surface area is 119 Å². The average molecular weight is 288 g/mol. The van der Waals surface area contributed by atoms with Crippen LogP contribution >= 0.6 is 0 Å². The molecule has 0 saturated carbocycles. The molecule has 21 heavy (non-hydrogen) atoms. The van der Waals surface area contributed by atoms with E-state index in [1.807, 2.05) is 0 Å². The fourth-order valence-electron chi connectivity index (χ4n) is 2.20. The van der Waals surface area contributed by atoms with Crippen LogP contribution in [0, 0.1) is 0 Å². The molecule has 0 saturated heterocycles. The molecule has 9 nitrogen and oxygen atoms in total. The molecule has 0 spiro atoms. The first-order valence-electron chi connectivity index (χ1n) is 6.23. The summed E-state index contributed by atoms with van der Waals surface area (Å²) in [7, 11) is 0. The van der Waals surface area contributed by atoms with Crippen molar-refractivity contribution in [1.82, 2.24) is 30.8 Å². The second-order valence-corrected chi connectivity index (χ2v) is 4.63. The summed E-state index contributed by atoms with van der Waals surface area (Å²) >= 11 is 0. The van der Waals surface area contributed by atoms with E-state index in [1.165, 1.54) is 0 Å². The second-order valence-electron chi connectivity index (χ2n) is 4.63. The fourth-order valence-corrected chi connectivity index (χ4v) is 2.20. The zero-order chi connectivity index (χ0) is 14.8. The number of fused-ring (bicyclic) bond motifs is 1. The van der Waals surface area contributed by atoms with E-state index < -0.39 is 5.97 Å². The SMILES string of the molecule is O=C(O)c1ccc2c(c1)CN(C(=O)NCc1nn[nH]n1)C2. The quantitative estimate of drug-likeness (QED) is 0.737. The molecule has 0 fully saturated rings. The minimum atomic E-state index is -0.974. The molecular weight excluding hydrogens is 276 g/mol. The molecule has 0 unspecified atom stereocenters. The van der Waals surface area contributed by atoms with Gasteiger partial charge in [0, 0.05) is 13.1 Å². The normalized spacial score (nSPS) is 13.0. The lowest BCUT2D eigenvalue weighted by Gasteiger charge is -2.15. The first-order valence-corrected chi connectivity index (χ1v) is 6.23. The standard InChI is InChI=1S/C12H12N6O3/c19-11(20)7-1-2-8-5-18(6-9(8)3-7)12(21)13-4-10-14-16-17-15-10/h1-3H,4-6H2,(H,13,21)(H,19,20)(H,14,15,16,17). The van der Waals surface area contributed by atoms with Gasteiger partial charge in [0.2, 0.25) is 0 Å². The van der Waals surface area contributed by atoms with Gasteiger partial charge in [0.05, 0.1) is 12.1 Å². The van der Waals surface area contributed by atoms with Crippen LogP contribution in [0.15, 0.2) is 18.2 Å². The summed E-state index contributed by atoms with van der Waals surface area (Å²) in [6, 6.07) is 4.63. The Hall–Kier alpha value is -2.97. The summed E-state index contributed by atoms with van der Waals surface area (Å²) in [5, 5.41) is 24.8. The average Bonchev–Trinajstić information content (AvgIpc) is 3.12. The lowest BCUT2D eigenvalue weighted by molar-refractivity contribution is 0.0696. The maximum atomic E-state index is 12.0. The van der Waals surface area contributed by atoms with Crippen molar-refractivity contribution in [2.45, 2.75) is 19.6 Å². The van der Waals surface area contributed by atoms with Crippen LogP contribution in [-0.2, 0) is 19.6 Å². The van der Waals surface area contributed by atoms with Crippen molar-refractivity contribution < 1.29 is 14.7 Å². The molecule has 2 heterocycles. The number of carboxylic acid groups (broad SMARTS) is 1. The van der Waals surface area contributed by atoms with Gasteiger partial charge in [0.15, 0.2) is 5.82 Å². The maximum absolute atomic E-state index is 12.0. The minimum absolute atomic E-state index is 0.183. The Kier molecular flexibility index (Phi) is 3.22. The molecule has 2 amide bonds. The number of carboxylic acids is 1. The van der Waals surface area contributed by atoms with Crippen molar-refractivity contribution in [3.05, 3.63) is 40.7 Å². The van der Waals surface area contributed by atoms with Gasteiger partial charge in [-0.25, -0.2) is 9.59 Å². The number of aromatic nitrogens is 4. The zero-order valence-electron chi connectivity index (χ0n) is 10.9. The van der Waals surface area contributed by atoms with Crippen molar-refractivity contribution >= 4 is 12.0 Å². The van der Waals surface area contributed by atoms with Gasteiger partial charge in [-0.05, 0) is 23.3 Å². The largest absolute Gasteiger partial charge is 0.478 e. The first-order chi connectivity index (χ1) is 10.1. The van der Waals surface area contributed by atoms with Gasteiger partial charge in [0.1, 0.15) is 0 Å². The minimum Gasteiger partial charge on any atom is -0.478 e. The van der Waals surface area contributed by atoms with Crippen molar-refractivity contribution in [2.24, 2.45) is 0 Å². The van der Waals surface area contributed by atoms with Gasteiger partial charge in [-0.2, -0.15) is 5.21 Å². The number of H-pyrrole nitrogens is 1. The van der Waals surface area contributed by atoms with Crippen LogP contribution in [0.2, 0.25) is 0 Å². The predicted molar refractivity (Wildman–Crippen MR) is 69.1 cm³/mol. The third kappa shape index (κ3) is 2.66. The number of carbonyl (C=O) groups is 2. The van der Waals surface area contributed by atoms with Gasteiger partial charge in [-0.1, -0.05) is 11.3 Å². The van der Waals surface area contributed by atoms with Gasteiger partial charge in [-0.15, -0.1) is 10.2 Å². The number of nitrogens with one attached hydrogen (secondary N) is 2. The summed E-state index contributed by atoms with van der Waals surface area (Å²) < 4.78 is 0. The molecule has 1 aliphatic heterocycles. The maximum Gasteiger partial charge on any atom is 0.335 e. The molecule has 2 aromatic rings. The van der Waals surface area contributed by atoms with Crippen molar-refractivity contribution in [3.8, 4) is 0 Å². The summed E-state index contributed by atoms with van der Waals surface area (Å²) in [6.45, 7) is 1.02. The van der Waals surface area contributed by atoms with Crippen LogP contribution in [0.5, 0.6) is 0 Å². The predicted octanol–water partition coefficient (Wildman–Crippen LogP) is 0.123. The lowest BCUT2D eigenvalue weighted by Crippen LogP contribution is -2.36. The van der Waals surface area contributed by atoms with Crippen LogP contribution in [0.4, 0.5) is 4.79 Å². The van der Waals surface area contributed by atoms with Crippen LogP contribution in [0.3, 0.4) is 0 Å². The number of rotatable bonds is 3. The number of aromatic carboxylic acids is 1. The molecule has 1 aromatic carbocycles. The molecular formula is C12H12N6O3. The Balaban J connectivity index is 1.64. The van der Waals surface area contributed by atoms with E-state index in [2.05, 4.69) is 25.9 Å². The number of urea groups is 1. The van der Waals surface area contributed by atoms with E-state index in [0.717, 1.165) is 11.1 Å². The van der Waals surface area contributed by atoms with Crippen LogP contribution in [0.1, 0.15) is 27.3 Å². The molecule has 0 atom stereocenters. The van der Waals surface area contributed by atoms with E-state index in [1.54, 1.807) is 23.1 Å². The summed E-state index contributed by atoms with van der Waals surface area (Å²) in [6.07, 6.45) is 0. The summed E-state index contributed by atoms with van der Waals surface area (Å²) in [5.41, 5.74) is 2.03. The highest BCUT2D eigenvalue weighted by Crippen LogP contribution is 2.23. The highest BCUT2D eigenvalue weighted by atomic mass is 16.4. The van der Waals surface area contributed by atoms with Crippen LogP contribution in [-0.4, -0.2) is 42.6 Å². The number of carbonyl (C=O) groups excluding carboxylic acids is 1. The number of nitrogens with zero attached hydrogens (tertiary/aromatic N) is 4. The monoisotopic (exact) mass is 288 g/mol. The van der Waals surface area contributed by atoms with Crippen molar-refractivity contribution in [1.29, 1.82) is 0 Å². The highest BCUT2D eigenvalue weighted by Gasteiger charge is 2.24. The molecule has 0 bridgehead atoms. The smallest absolute Gasteiger partial charge is 0.335 e. The second kappa shape index (κ2) is 5.19. The number of tetrazole rings is 1. The molecule has 0 aliphatic carbocycles. The highest BCUT2D eigenvalue weighted by molar-refractivity contribution is 5.88. The Morgan fingerprint density at radius 1 is 1.33 bits per heavy atom. The molecule has 9 heteroatoms. The van der Waals surface area contributed by atoms with Gasteiger partial charge in [0.25, 0.3) is 0 Å². The van der Waals surface area contributed by atoms with E-state index in [4.69, 9.17) is 5.11 Å². The van der Waals surface area contributed by atoms with E-state index >= 15 is 0 Å². The van der Waals surface area contributed by atoms with Crippen LogP contribution in [0.25, 0.3) is 0 Å². The topological polar surface area (TPSA) is 124 Å². The molecule has 1 aromatic heterocycles. The molecule has 3 rings (SSSR count). The number of hydrogen-bond donors (Lipinski definition) is 3. The van der Waals surface area contributed by atoms with Gasteiger partial charge < -0.3 is 15.3 Å². The Morgan fingerprint density at radius 3 is 2.86 bits per heavy atom.